The predicted octanol–water partition coefficient (Wildman–Crippen LogP) is -1.20. The van der Waals surface area contributed by atoms with E-state index in [0.29, 0.717) is 2.75 Å². The number of rotatable bonds is 2. The molecule has 0 nitrogen and oxygen atoms in total. The Morgan fingerprint density at radius 2 is 1.74 bits per heavy atom. The second-order valence-electron chi connectivity index (χ2n) is 7.59. The maximum absolute atomic E-state index is 2.71. The Morgan fingerprint density at radius 1 is 1.04 bits per heavy atom. The standard InChI is InChI=1S/C13H17Si2.C5H5.2ClH.Zr/c1-14(2)12-9-10-7-5-6-8-11(10)13(12)15(14,3)4;1-2-4-5-3-1;;;/h5-9H,1-4H3;1-3H,4H2;2*1H;/q;;;;+2/p-2. The van der Waals surface area contributed by atoms with Crippen LogP contribution in [0.25, 0.3) is 6.08 Å². The van der Waals surface area contributed by atoms with Crippen LogP contribution in [0.3, 0.4) is 0 Å². The maximum atomic E-state index is 2.71. The number of halogens is 2. The first-order chi connectivity index (χ1) is 9.91. The van der Waals surface area contributed by atoms with Gasteiger partial charge in [-0.2, -0.15) is 0 Å². The minimum atomic E-state index is -1.20. The van der Waals surface area contributed by atoms with Crippen LogP contribution < -0.4 is 24.8 Å². The van der Waals surface area contributed by atoms with E-state index in [2.05, 4.69) is 74.8 Å². The molecule has 1 heterocycles. The Hall–Kier alpha value is 0.337. The first-order valence-electron chi connectivity index (χ1n) is 7.87. The third-order valence-corrected chi connectivity index (χ3v) is 37.1. The van der Waals surface area contributed by atoms with E-state index < -0.39 is 38.4 Å². The van der Waals surface area contributed by atoms with Crippen molar-refractivity contribution in [3.8, 4) is 0 Å². The van der Waals surface area contributed by atoms with E-state index in [9.17, 15) is 0 Å². The van der Waals surface area contributed by atoms with Crippen molar-refractivity contribution in [1.29, 1.82) is 0 Å². The van der Waals surface area contributed by atoms with Crippen LogP contribution in [-0.4, -0.2) is 15.2 Å². The molecule has 3 aliphatic rings. The van der Waals surface area contributed by atoms with Crippen LogP contribution in [0.2, 0.25) is 26.2 Å². The van der Waals surface area contributed by atoms with Crippen LogP contribution in [0.5, 0.6) is 0 Å². The zero-order valence-corrected chi connectivity index (χ0v) is 20.1. The second kappa shape index (κ2) is 6.25. The van der Waals surface area contributed by atoms with Gasteiger partial charge in [0.2, 0.25) is 0 Å². The summed E-state index contributed by atoms with van der Waals surface area (Å²) in [6.45, 7) is 10.7. The molecular weight excluding hydrogens is 435 g/mol. The van der Waals surface area contributed by atoms with E-state index in [1.54, 1.807) is 11.1 Å². The fourth-order valence-electron chi connectivity index (χ4n) is 4.51. The minimum absolute atomic E-state index is 0. The number of hydrogen-bond acceptors (Lipinski definition) is 0. The molecule has 0 bridgehead atoms. The Balaban J connectivity index is 0.000000960. The maximum Gasteiger partial charge on any atom is -1.00 e. The molecule has 1 aliphatic heterocycles. The van der Waals surface area contributed by atoms with Crippen LogP contribution in [0.15, 0.2) is 51.0 Å². The molecule has 1 aromatic rings. The van der Waals surface area contributed by atoms with Gasteiger partial charge in [0, 0.05) is 0 Å². The Bertz CT molecular complexity index is 734. The molecule has 5 heteroatoms. The third-order valence-electron chi connectivity index (χ3n) is 6.36. The van der Waals surface area contributed by atoms with Gasteiger partial charge < -0.3 is 24.8 Å². The quantitative estimate of drug-likeness (QED) is 0.491. The van der Waals surface area contributed by atoms with Crippen molar-refractivity contribution in [2.45, 2.75) is 35.4 Å². The number of hydrogen-bond donors (Lipinski definition) is 0. The summed E-state index contributed by atoms with van der Waals surface area (Å²) in [5.41, 5.74) is 3.28. The fraction of sp³-hybridized carbons (Fsp3) is 0.333. The van der Waals surface area contributed by atoms with Gasteiger partial charge in [-0.25, -0.2) is 0 Å². The molecular formula is C18H22Cl2Si2Zr. The summed E-state index contributed by atoms with van der Waals surface area (Å²) >= 11 is -0.589. The molecule has 0 saturated carbocycles. The van der Waals surface area contributed by atoms with Crippen molar-refractivity contribution in [3.63, 3.8) is 0 Å². The van der Waals surface area contributed by atoms with Gasteiger partial charge in [-0.05, 0) is 0 Å². The summed E-state index contributed by atoms with van der Waals surface area (Å²) < 4.78 is 2.40. The van der Waals surface area contributed by atoms with Crippen molar-refractivity contribution in [1.82, 2.24) is 0 Å². The van der Waals surface area contributed by atoms with Crippen LogP contribution in [0, 0.1) is 0 Å². The average molecular weight is 457 g/mol. The molecule has 1 unspecified atom stereocenters. The van der Waals surface area contributed by atoms with Crippen molar-refractivity contribution in [2.75, 3.05) is 0 Å². The van der Waals surface area contributed by atoms with Crippen LogP contribution in [-0.2, 0) is 26.0 Å². The molecule has 23 heavy (non-hydrogen) atoms. The predicted molar refractivity (Wildman–Crippen MR) is 92.9 cm³/mol. The van der Waals surface area contributed by atoms with Gasteiger partial charge in [0.1, 0.15) is 0 Å². The molecule has 0 spiro atoms. The molecule has 120 valence electrons. The molecule has 2 aliphatic carbocycles. The summed E-state index contributed by atoms with van der Waals surface area (Å²) in [5.74, 6) is 0. The fourth-order valence-corrected chi connectivity index (χ4v) is 35.5. The van der Waals surface area contributed by atoms with Crippen molar-refractivity contribution in [3.05, 3.63) is 62.1 Å². The van der Waals surface area contributed by atoms with Gasteiger partial charge >= 0.3 is 142 Å². The summed E-state index contributed by atoms with van der Waals surface area (Å²) in [4.78, 5) is 0. The molecule has 0 radical (unpaired) electrons. The molecule has 4 rings (SSSR count). The average Bonchev–Trinajstić information content (AvgIpc) is 3.05. The zero-order valence-electron chi connectivity index (χ0n) is 14.1. The zero-order chi connectivity index (χ0) is 14.9. The molecule has 0 N–H and O–H groups in total. The van der Waals surface area contributed by atoms with Crippen LogP contribution >= 0.6 is 0 Å². The molecule has 1 saturated heterocycles. The summed E-state index contributed by atoms with van der Waals surface area (Å²) in [7, 11) is -2.36. The summed E-state index contributed by atoms with van der Waals surface area (Å²) in [6, 6.07) is 9.31. The first kappa shape index (κ1) is 19.7. The van der Waals surface area contributed by atoms with E-state index in [4.69, 9.17) is 0 Å². The van der Waals surface area contributed by atoms with Crippen molar-refractivity contribution in [2.24, 2.45) is 0 Å². The summed E-state index contributed by atoms with van der Waals surface area (Å²) in [5, 5.41) is 1.92. The van der Waals surface area contributed by atoms with Gasteiger partial charge in [-0.3, -0.25) is 0 Å². The van der Waals surface area contributed by atoms with Gasteiger partial charge in [0.25, 0.3) is 0 Å². The Morgan fingerprint density at radius 3 is 2.39 bits per heavy atom. The topological polar surface area (TPSA) is 0 Å². The first-order valence-corrected chi connectivity index (χ1v) is 17.3. The molecule has 1 atom stereocenters. The number of fused-ring (bicyclic) bond motifs is 3. The second-order valence-corrected chi connectivity index (χ2v) is 28.1. The van der Waals surface area contributed by atoms with E-state index in [-0.39, 0.29) is 24.8 Å². The van der Waals surface area contributed by atoms with Gasteiger partial charge in [-0.1, -0.05) is 0 Å². The molecule has 0 amide bonds. The molecule has 1 fully saturated rings. The van der Waals surface area contributed by atoms with E-state index >= 15 is 0 Å². The van der Waals surface area contributed by atoms with Crippen LogP contribution in [0.1, 0.15) is 17.5 Å². The normalized spacial score (nSPS) is 27.3. The SMILES string of the molecule is C[Si]1(C)C2=Cc3ccccc3[C]2([Zr+2][C]2=CC=CC2)[Si]1(C)C.[Cl-].[Cl-]. The van der Waals surface area contributed by atoms with Gasteiger partial charge in [-0.15, -0.1) is 0 Å². The smallest absolute Gasteiger partial charge is 1.00 e. The van der Waals surface area contributed by atoms with Crippen LogP contribution in [0.4, 0.5) is 0 Å². The Labute approximate surface area is 165 Å². The largest absolute Gasteiger partial charge is 1.00 e. The Kier molecular flexibility index (Phi) is 5.34. The third kappa shape index (κ3) is 2.30. The number of allylic oxidation sites excluding steroid dienone is 5. The number of benzene rings is 1. The van der Waals surface area contributed by atoms with Gasteiger partial charge in [0.05, 0.1) is 0 Å². The molecule has 0 aromatic heterocycles. The van der Waals surface area contributed by atoms with E-state index in [1.165, 1.54) is 6.42 Å². The molecule has 1 aromatic carbocycles. The monoisotopic (exact) mass is 454 g/mol. The van der Waals surface area contributed by atoms with E-state index in [0.717, 1.165) is 0 Å². The van der Waals surface area contributed by atoms with Gasteiger partial charge in [0.15, 0.2) is 0 Å². The minimum Gasteiger partial charge on any atom is -1.00 e. The van der Waals surface area contributed by atoms with E-state index in [1.807, 2.05) is 8.48 Å². The van der Waals surface area contributed by atoms with Crippen molar-refractivity contribution < 1.29 is 48.0 Å². The van der Waals surface area contributed by atoms with Crippen molar-refractivity contribution >= 4 is 21.3 Å². The summed E-state index contributed by atoms with van der Waals surface area (Å²) in [6.07, 6.45) is 10.9.